The molecule has 28 heavy (non-hydrogen) atoms. The maximum atomic E-state index is 12.5. The number of hydrogen-bond donors (Lipinski definition) is 0. The van der Waals surface area contributed by atoms with Crippen LogP contribution in [0.4, 0.5) is 0 Å². The second kappa shape index (κ2) is 7.79. The van der Waals surface area contributed by atoms with Crippen LogP contribution >= 0.6 is 0 Å². The van der Waals surface area contributed by atoms with Crippen LogP contribution in [-0.4, -0.2) is 42.6 Å². The van der Waals surface area contributed by atoms with Crippen molar-refractivity contribution in [2.24, 2.45) is 17.8 Å². The third kappa shape index (κ3) is 3.99. The summed E-state index contributed by atoms with van der Waals surface area (Å²) in [5, 5.41) is 0. The van der Waals surface area contributed by atoms with Crippen LogP contribution in [0.25, 0.3) is 0 Å². The van der Waals surface area contributed by atoms with Crippen molar-refractivity contribution >= 4 is 11.9 Å². The first-order chi connectivity index (χ1) is 13.3. The van der Waals surface area contributed by atoms with E-state index in [9.17, 15) is 9.59 Å². The summed E-state index contributed by atoms with van der Waals surface area (Å²) in [6.45, 7) is 7.81. The maximum Gasteiger partial charge on any atom is 0.337 e. The van der Waals surface area contributed by atoms with E-state index in [1.165, 1.54) is 0 Å². The molecule has 0 radical (unpaired) electrons. The molecule has 4 atom stereocenters. The Morgan fingerprint density at radius 3 is 2.43 bits per heavy atom. The molecule has 1 saturated heterocycles. The Bertz CT molecular complexity index is 621. The van der Waals surface area contributed by atoms with Gasteiger partial charge in [0.1, 0.15) is 6.10 Å². The first-order valence-corrected chi connectivity index (χ1v) is 10.7. The van der Waals surface area contributed by atoms with Crippen molar-refractivity contribution < 1.29 is 28.5 Å². The van der Waals surface area contributed by atoms with Crippen LogP contribution in [0.5, 0.6) is 0 Å². The summed E-state index contributed by atoms with van der Waals surface area (Å²) in [6, 6.07) is 0. The molecule has 5 fully saturated rings. The summed E-state index contributed by atoms with van der Waals surface area (Å²) >= 11 is 0. The van der Waals surface area contributed by atoms with Gasteiger partial charge in [-0.3, -0.25) is 0 Å². The van der Waals surface area contributed by atoms with Crippen molar-refractivity contribution in [2.75, 3.05) is 6.61 Å². The zero-order valence-corrected chi connectivity index (χ0v) is 17.0. The summed E-state index contributed by atoms with van der Waals surface area (Å²) in [5.41, 5.74) is 0.148. The normalized spacial score (nSPS) is 40.0. The van der Waals surface area contributed by atoms with Crippen molar-refractivity contribution in [3.8, 4) is 0 Å². The first kappa shape index (κ1) is 19.9. The zero-order chi connectivity index (χ0) is 19.9. The average molecular weight is 392 g/mol. The van der Waals surface area contributed by atoms with E-state index < -0.39 is 12.4 Å². The lowest BCUT2D eigenvalue weighted by atomic mass is 9.53. The second-order valence-electron chi connectivity index (χ2n) is 9.30. The number of hydrogen-bond acceptors (Lipinski definition) is 6. The van der Waals surface area contributed by atoms with Gasteiger partial charge in [0.2, 0.25) is 6.29 Å². The SMILES string of the molecule is C=C(C)C(=O)OC1C2CC3CC1CC(OC(C)C(=O)OC1CCCCO1)(C3)C2. The van der Waals surface area contributed by atoms with Crippen LogP contribution in [0.2, 0.25) is 0 Å². The number of ether oxygens (including phenoxy) is 4. The van der Waals surface area contributed by atoms with Gasteiger partial charge in [-0.1, -0.05) is 6.58 Å². The molecule has 0 N–H and O–H groups in total. The number of carbonyl (C=O) groups is 2. The van der Waals surface area contributed by atoms with E-state index in [1.54, 1.807) is 13.8 Å². The molecule has 6 nitrogen and oxygen atoms in total. The van der Waals surface area contributed by atoms with Gasteiger partial charge in [0.25, 0.3) is 0 Å². The summed E-state index contributed by atoms with van der Waals surface area (Å²) in [5.74, 6) is 0.561. The van der Waals surface area contributed by atoms with E-state index >= 15 is 0 Å². The van der Waals surface area contributed by atoms with E-state index in [4.69, 9.17) is 18.9 Å². The highest BCUT2D eigenvalue weighted by Crippen LogP contribution is 2.58. The van der Waals surface area contributed by atoms with Gasteiger partial charge < -0.3 is 18.9 Å². The molecule has 156 valence electrons. The van der Waals surface area contributed by atoms with Gasteiger partial charge >= 0.3 is 11.9 Å². The lowest BCUT2D eigenvalue weighted by Gasteiger charge is -2.59. The molecule has 5 rings (SSSR count). The van der Waals surface area contributed by atoms with E-state index in [0.29, 0.717) is 29.9 Å². The van der Waals surface area contributed by atoms with E-state index in [1.807, 2.05) is 0 Å². The van der Waals surface area contributed by atoms with Gasteiger partial charge in [-0.2, -0.15) is 0 Å². The van der Waals surface area contributed by atoms with Crippen LogP contribution in [0.1, 0.15) is 65.2 Å². The smallest absolute Gasteiger partial charge is 0.337 e. The molecule has 6 heteroatoms. The second-order valence-corrected chi connectivity index (χ2v) is 9.30. The van der Waals surface area contributed by atoms with Gasteiger partial charge in [0, 0.05) is 12.0 Å². The van der Waals surface area contributed by atoms with Crippen LogP contribution < -0.4 is 0 Å². The van der Waals surface area contributed by atoms with Crippen molar-refractivity contribution in [3.63, 3.8) is 0 Å². The van der Waals surface area contributed by atoms with Crippen molar-refractivity contribution in [1.82, 2.24) is 0 Å². The Morgan fingerprint density at radius 1 is 1.11 bits per heavy atom. The van der Waals surface area contributed by atoms with Crippen molar-refractivity contribution in [2.45, 2.75) is 89.3 Å². The summed E-state index contributed by atoms with van der Waals surface area (Å²) in [7, 11) is 0. The molecule has 1 aliphatic heterocycles. The minimum atomic E-state index is -0.613. The monoisotopic (exact) mass is 392 g/mol. The summed E-state index contributed by atoms with van der Waals surface area (Å²) in [4.78, 5) is 24.6. The topological polar surface area (TPSA) is 71.1 Å². The summed E-state index contributed by atoms with van der Waals surface area (Å²) in [6.07, 6.45) is 6.51. The van der Waals surface area contributed by atoms with Crippen LogP contribution in [-0.2, 0) is 28.5 Å². The zero-order valence-electron chi connectivity index (χ0n) is 17.0. The molecule has 0 aromatic rings. The highest BCUT2D eigenvalue weighted by atomic mass is 16.7. The van der Waals surface area contributed by atoms with Gasteiger partial charge in [-0.05, 0) is 76.5 Å². The lowest BCUT2D eigenvalue weighted by molar-refractivity contribution is -0.236. The van der Waals surface area contributed by atoms with Crippen LogP contribution in [0, 0.1) is 17.8 Å². The van der Waals surface area contributed by atoms with E-state index in [-0.39, 0.29) is 23.6 Å². The minimum absolute atomic E-state index is 0.0460. The Morgan fingerprint density at radius 2 is 1.82 bits per heavy atom. The molecular weight excluding hydrogens is 360 g/mol. The third-order valence-electron chi connectivity index (χ3n) is 6.87. The van der Waals surface area contributed by atoms with Crippen LogP contribution in [0.3, 0.4) is 0 Å². The molecule has 0 aromatic carbocycles. The maximum absolute atomic E-state index is 12.5. The standard InChI is InChI=1S/C22H32O6/c1-13(2)20(23)27-19-16-8-15-9-17(19)12-22(10-15,11-16)28-14(3)21(24)26-18-6-4-5-7-25-18/h14-19H,1,4-12H2,2-3H3. The molecule has 0 aromatic heterocycles. The fourth-order valence-electron chi connectivity index (χ4n) is 5.92. The predicted octanol–water partition coefficient (Wildman–Crippen LogP) is 3.53. The van der Waals surface area contributed by atoms with Gasteiger partial charge in [-0.25, -0.2) is 9.59 Å². The van der Waals surface area contributed by atoms with Crippen molar-refractivity contribution in [3.05, 3.63) is 12.2 Å². The Balaban J connectivity index is 1.37. The molecule has 5 aliphatic rings. The van der Waals surface area contributed by atoms with Crippen molar-refractivity contribution in [1.29, 1.82) is 0 Å². The third-order valence-corrected chi connectivity index (χ3v) is 6.87. The molecule has 1 heterocycles. The van der Waals surface area contributed by atoms with Gasteiger partial charge in [-0.15, -0.1) is 0 Å². The van der Waals surface area contributed by atoms with Gasteiger partial charge in [0.05, 0.1) is 12.2 Å². The van der Waals surface area contributed by atoms with Gasteiger partial charge in [0.15, 0.2) is 6.10 Å². The average Bonchev–Trinajstić information content (AvgIpc) is 2.64. The number of esters is 2. The fourth-order valence-corrected chi connectivity index (χ4v) is 5.92. The minimum Gasteiger partial charge on any atom is -0.458 e. The highest BCUT2D eigenvalue weighted by Gasteiger charge is 2.58. The van der Waals surface area contributed by atoms with E-state index in [2.05, 4.69) is 6.58 Å². The molecule has 4 saturated carbocycles. The molecule has 0 spiro atoms. The Hall–Kier alpha value is -1.40. The molecule has 0 amide bonds. The molecule has 4 bridgehead atoms. The predicted molar refractivity (Wildman–Crippen MR) is 101 cm³/mol. The summed E-state index contributed by atoms with van der Waals surface area (Å²) < 4.78 is 23.2. The van der Waals surface area contributed by atoms with Crippen LogP contribution in [0.15, 0.2) is 12.2 Å². The Labute approximate surface area is 166 Å². The fraction of sp³-hybridized carbons (Fsp3) is 0.818. The lowest BCUT2D eigenvalue weighted by Crippen LogP contribution is -2.60. The quantitative estimate of drug-likeness (QED) is 0.509. The van der Waals surface area contributed by atoms with E-state index in [0.717, 1.165) is 51.4 Å². The highest BCUT2D eigenvalue weighted by molar-refractivity contribution is 5.87. The number of carbonyl (C=O) groups excluding carboxylic acids is 2. The molecule has 4 unspecified atom stereocenters. The number of rotatable bonds is 6. The molecule has 4 aliphatic carbocycles. The Kier molecular flexibility index (Phi) is 5.53. The molecular formula is C22H32O6. The first-order valence-electron chi connectivity index (χ1n) is 10.7. The largest absolute Gasteiger partial charge is 0.458 e.